The van der Waals surface area contributed by atoms with Gasteiger partial charge in [0.1, 0.15) is 30.2 Å². The van der Waals surface area contributed by atoms with E-state index in [-0.39, 0.29) is 24.5 Å². The number of amides is 3. The largest absolute Gasteiger partial charge is 0.356 e. The molecule has 1 N–H and O–H groups in total. The van der Waals surface area contributed by atoms with E-state index in [0.717, 1.165) is 73.2 Å². The van der Waals surface area contributed by atoms with Gasteiger partial charge in [-0.3, -0.25) is 4.79 Å². The van der Waals surface area contributed by atoms with Gasteiger partial charge in [-0.2, -0.15) is 0 Å². The number of carbonyl (C=O) groups is 2. The molecule has 3 amide bonds. The fourth-order valence-electron chi connectivity index (χ4n) is 6.72. The number of hydrogen-bond donors (Lipinski definition) is 1. The van der Waals surface area contributed by atoms with Gasteiger partial charge in [-0.05, 0) is 61.9 Å². The summed E-state index contributed by atoms with van der Waals surface area (Å²) in [5.41, 5.74) is 4.12. The monoisotopic (exact) mass is 601 g/mol. The first kappa shape index (κ1) is 27.6. The van der Waals surface area contributed by atoms with Crippen LogP contribution < -0.4 is 10.2 Å². The van der Waals surface area contributed by atoms with E-state index in [0.29, 0.717) is 35.9 Å². The van der Waals surface area contributed by atoms with Crippen molar-refractivity contribution in [3.05, 3.63) is 71.4 Å². The zero-order valence-electron chi connectivity index (χ0n) is 23.8. The van der Waals surface area contributed by atoms with Gasteiger partial charge in [0.05, 0.1) is 10.4 Å². The molecule has 3 aliphatic heterocycles. The van der Waals surface area contributed by atoms with Gasteiger partial charge in [0, 0.05) is 61.8 Å². The van der Waals surface area contributed by atoms with Gasteiger partial charge in [0.25, 0.3) is 0 Å². The first-order chi connectivity index (χ1) is 21.0. The maximum absolute atomic E-state index is 13.9. The van der Waals surface area contributed by atoms with Crippen LogP contribution in [0.25, 0.3) is 22.2 Å². The number of benzene rings is 2. The molecule has 0 atom stereocenters. The van der Waals surface area contributed by atoms with Gasteiger partial charge in [-0.1, -0.05) is 29.8 Å². The number of anilines is 2. The van der Waals surface area contributed by atoms with E-state index in [4.69, 9.17) is 11.6 Å². The number of hydrogen-bond acceptors (Lipinski definition) is 5. The lowest BCUT2D eigenvalue weighted by molar-refractivity contribution is -0.133. The summed E-state index contributed by atoms with van der Waals surface area (Å²) in [5.74, 6) is 0.387. The Morgan fingerprint density at radius 3 is 2.58 bits per heavy atom. The highest BCUT2D eigenvalue weighted by atomic mass is 35.5. The van der Waals surface area contributed by atoms with Crippen LogP contribution in [0.15, 0.2) is 55.0 Å². The lowest BCUT2D eigenvalue weighted by atomic mass is 10.0. The number of halogens is 2. The third-order valence-electron chi connectivity index (χ3n) is 8.97. The molecule has 11 heteroatoms. The lowest BCUT2D eigenvalue weighted by Gasteiger charge is -2.38. The first-order valence-electron chi connectivity index (χ1n) is 14.9. The van der Waals surface area contributed by atoms with Crippen LogP contribution in [0, 0.1) is 5.82 Å². The highest BCUT2D eigenvalue weighted by Crippen LogP contribution is 2.39. The van der Waals surface area contributed by atoms with E-state index in [1.165, 1.54) is 12.1 Å². The molecule has 5 heterocycles. The average molecular weight is 602 g/mol. The van der Waals surface area contributed by atoms with Crippen molar-refractivity contribution in [1.29, 1.82) is 0 Å². The Morgan fingerprint density at radius 2 is 1.79 bits per heavy atom. The number of nitrogens with one attached hydrogen (secondary N) is 1. The van der Waals surface area contributed by atoms with E-state index in [1.807, 2.05) is 38.8 Å². The lowest BCUT2D eigenvalue weighted by Crippen LogP contribution is -2.50. The van der Waals surface area contributed by atoms with Crippen molar-refractivity contribution in [2.45, 2.75) is 44.7 Å². The Labute approximate surface area is 254 Å². The topological polar surface area (TPSA) is 86.6 Å². The molecular weight excluding hydrogens is 569 g/mol. The van der Waals surface area contributed by atoms with Gasteiger partial charge in [0.2, 0.25) is 5.91 Å². The van der Waals surface area contributed by atoms with E-state index in [2.05, 4.69) is 26.3 Å². The molecule has 2 aromatic carbocycles. The van der Waals surface area contributed by atoms with Crippen molar-refractivity contribution in [2.75, 3.05) is 42.9 Å². The van der Waals surface area contributed by atoms with Crippen molar-refractivity contribution < 1.29 is 14.0 Å². The number of fused-ring (bicyclic) bond motifs is 2. The van der Waals surface area contributed by atoms with Crippen LogP contribution in [0.4, 0.5) is 20.7 Å². The molecular formula is C32H33ClFN7O2. The van der Waals surface area contributed by atoms with Crippen LogP contribution in [-0.4, -0.2) is 75.0 Å². The van der Waals surface area contributed by atoms with E-state index in [1.54, 1.807) is 12.4 Å². The molecule has 9 nitrogen and oxygen atoms in total. The minimum absolute atomic E-state index is 0.0128. The normalized spacial score (nSPS) is 17.7. The Bertz CT molecular complexity index is 1690. The van der Waals surface area contributed by atoms with Crippen molar-refractivity contribution in [3.63, 3.8) is 0 Å². The molecule has 0 spiro atoms. The second-order valence-corrected chi connectivity index (χ2v) is 11.9. The van der Waals surface area contributed by atoms with Crippen LogP contribution in [0.5, 0.6) is 0 Å². The molecule has 2 saturated heterocycles. The molecule has 0 radical (unpaired) electrons. The number of nitrogens with zero attached hydrogens (tertiary/aromatic N) is 6. The molecule has 0 saturated carbocycles. The second-order valence-electron chi connectivity index (χ2n) is 11.5. The minimum Gasteiger partial charge on any atom is -0.356 e. The standard InChI is InChI=1S/C32H33ClFN7O2/c33-26-17-22(34)7-8-24(26)25-18-40(31-29(25)30(35-20-36-31)39-12-3-4-13-39)19-28(42)38-14-10-23(11-15-38)41-16-9-21-5-1-2-6-27(21)37-32(41)43/h1-2,5-8,17-18,20,23H,3-4,9-16,19H2,(H,37,43). The quantitative estimate of drug-likeness (QED) is 0.323. The molecule has 2 fully saturated rings. The molecule has 3 aliphatic rings. The van der Waals surface area contributed by atoms with Crippen molar-refractivity contribution >= 4 is 46.1 Å². The van der Waals surface area contributed by atoms with Gasteiger partial charge in [-0.15, -0.1) is 0 Å². The van der Waals surface area contributed by atoms with Crippen LogP contribution in [-0.2, 0) is 17.8 Å². The summed E-state index contributed by atoms with van der Waals surface area (Å²) in [6, 6.07) is 12.3. The molecule has 2 aromatic heterocycles. The fraction of sp³-hybridized carbons (Fsp3) is 0.375. The molecule has 222 valence electrons. The second kappa shape index (κ2) is 11.5. The molecule has 7 rings (SSSR count). The number of carbonyl (C=O) groups excluding carboxylic acids is 2. The summed E-state index contributed by atoms with van der Waals surface area (Å²) in [6.45, 7) is 3.69. The highest BCUT2D eigenvalue weighted by Gasteiger charge is 2.32. The molecule has 4 aromatic rings. The van der Waals surface area contributed by atoms with Gasteiger partial charge in [-0.25, -0.2) is 19.2 Å². The average Bonchev–Trinajstić information content (AvgIpc) is 3.63. The Morgan fingerprint density at radius 1 is 1.00 bits per heavy atom. The first-order valence-corrected chi connectivity index (χ1v) is 15.3. The Kier molecular flexibility index (Phi) is 7.38. The number of piperidine rings is 1. The van der Waals surface area contributed by atoms with E-state index in [9.17, 15) is 14.0 Å². The van der Waals surface area contributed by atoms with Crippen molar-refractivity contribution in [3.8, 4) is 11.1 Å². The smallest absolute Gasteiger partial charge is 0.322 e. The molecule has 43 heavy (non-hydrogen) atoms. The zero-order chi connectivity index (χ0) is 29.5. The third-order valence-corrected chi connectivity index (χ3v) is 9.28. The Hall–Kier alpha value is -4.18. The summed E-state index contributed by atoms with van der Waals surface area (Å²) in [7, 11) is 0. The summed E-state index contributed by atoms with van der Waals surface area (Å²) in [5, 5.41) is 4.17. The van der Waals surface area contributed by atoms with Gasteiger partial charge in [0.15, 0.2) is 0 Å². The summed E-state index contributed by atoms with van der Waals surface area (Å²) in [4.78, 5) is 41.9. The SMILES string of the molecule is O=C(Cn1cc(-c2ccc(F)cc2Cl)c2c(N3CCCC3)ncnc21)N1CCC(N2CCc3ccccc3NC2=O)CC1. The van der Waals surface area contributed by atoms with Crippen molar-refractivity contribution in [1.82, 2.24) is 24.3 Å². The van der Waals surface area contributed by atoms with E-state index >= 15 is 0 Å². The van der Waals surface area contributed by atoms with Gasteiger partial charge < -0.3 is 24.6 Å². The molecule has 0 unspecified atom stereocenters. The van der Waals surface area contributed by atoms with Gasteiger partial charge >= 0.3 is 6.03 Å². The highest BCUT2D eigenvalue weighted by molar-refractivity contribution is 6.33. The summed E-state index contributed by atoms with van der Waals surface area (Å²) < 4.78 is 15.8. The number of rotatable bonds is 5. The maximum atomic E-state index is 13.9. The van der Waals surface area contributed by atoms with Crippen LogP contribution in [0.3, 0.4) is 0 Å². The van der Waals surface area contributed by atoms with Crippen LogP contribution in [0.1, 0.15) is 31.2 Å². The number of aromatic nitrogens is 3. The maximum Gasteiger partial charge on any atom is 0.322 e. The fourth-order valence-corrected chi connectivity index (χ4v) is 6.99. The Balaban J connectivity index is 1.11. The number of urea groups is 1. The van der Waals surface area contributed by atoms with Crippen LogP contribution >= 0.6 is 11.6 Å². The summed E-state index contributed by atoms with van der Waals surface area (Å²) in [6.07, 6.45) is 7.85. The summed E-state index contributed by atoms with van der Waals surface area (Å²) >= 11 is 6.53. The van der Waals surface area contributed by atoms with Crippen LogP contribution in [0.2, 0.25) is 5.02 Å². The van der Waals surface area contributed by atoms with Crippen molar-refractivity contribution in [2.24, 2.45) is 0 Å². The predicted molar refractivity (Wildman–Crippen MR) is 165 cm³/mol. The minimum atomic E-state index is -0.408. The van der Waals surface area contributed by atoms with E-state index < -0.39 is 5.82 Å². The third kappa shape index (κ3) is 5.29. The number of likely N-dealkylation sites (tertiary alicyclic amines) is 1. The molecule has 0 aliphatic carbocycles. The predicted octanol–water partition coefficient (Wildman–Crippen LogP) is 5.57. The number of para-hydroxylation sites is 1. The zero-order valence-corrected chi connectivity index (χ0v) is 24.6. The molecule has 0 bridgehead atoms.